The molecule has 0 radical (unpaired) electrons. The predicted octanol–water partition coefficient (Wildman–Crippen LogP) is 3.24. The summed E-state index contributed by atoms with van der Waals surface area (Å²) in [7, 11) is -3.53. The van der Waals surface area contributed by atoms with Crippen LogP contribution >= 0.6 is 11.6 Å². The molecule has 0 saturated carbocycles. The molecule has 3 aromatic rings. The molecule has 0 aliphatic rings. The van der Waals surface area contributed by atoms with Gasteiger partial charge < -0.3 is 9.15 Å². The van der Waals surface area contributed by atoms with Gasteiger partial charge in [-0.05, 0) is 25.1 Å². The smallest absolute Gasteiger partial charge is 0.436 e. The number of esters is 1. The van der Waals surface area contributed by atoms with Gasteiger partial charge in [-0.1, -0.05) is 17.7 Å². The lowest BCUT2D eigenvalue weighted by molar-refractivity contribution is -0.145. The van der Waals surface area contributed by atoms with Gasteiger partial charge in [0.2, 0.25) is 5.89 Å². The van der Waals surface area contributed by atoms with Crippen LogP contribution in [0.15, 0.2) is 33.6 Å². The summed E-state index contributed by atoms with van der Waals surface area (Å²) in [5.74, 6) is -1.47. The van der Waals surface area contributed by atoms with Crippen molar-refractivity contribution in [2.45, 2.75) is 24.5 Å². The van der Waals surface area contributed by atoms with Crippen LogP contribution in [-0.4, -0.2) is 47.2 Å². The minimum atomic E-state index is -4.90. The van der Waals surface area contributed by atoms with Crippen LogP contribution in [0.25, 0.3) is 23.0 Å². The number of hydrogen-bond donors (Lipinski definition) is 0. The van der Waals surface area contributed by atoms with Crippen molar-refractivity contribution in [2.24, 2.45) is 0 Å². The molecule has 31 heavy (non-hydrogen) atoms. The van der Waals surface area contributed by atoms with E-state index in [1.807, 2.05) is 0 Å². The Morgan fingerprint density at radius 2 is 1.94 bits per heavy atom. The molecule has 1 aromatic carbocycles. The maximum Gasteiger partial charge on any atom is 0.436 e. The molecule has 2 heterocycles. The number of benzene rings is 1. The third-order valence-electron chi connectivity index (χ3n) is 3.88. The second-order valence-electron chi connectivity index (χ2n) is 6.18. The molecule has 2 aromatic heterocycles. The largest absolute Gasteiger partial charge is 0.465 e. The number of carbonyl (C=O) groups excluding carboxylic acids is 1. The van der Waals surface area contributed by atoms with Crippen molar-refractivity contribution in [3.63, 3.8) is 0 Å². The summed E-state index contributed by atoms with van der Waals surface area (Å²) in [6.45, 7) is 0.863. The van der Waals surface area contributed by atoms with E-state index < -0.39 is 50.8 Å². The summed E-state index contributed by atoms with van der Waals surface area (Å²) < 4.78 is 74.1. The van der Waals surface area contributed by atoms with Gasteiger partial charge in [0, 0.05) is 11.8 Å². The highest BCUT2D eigenvalue weighted by Crippen LogP contribution is 2.39. The zero-order valence-corrected chi connectivity index (χ0v) is 17.5. The van der Waals surface area contributed by atoms with Gasteiger partial charge in [-0.3, -0.25) is 4.79 Å². The Balaban J connectivity index is 2.08. The molecule has 0 unspecified atom stereocenters. The van der Waals surface area contributed by atoms with Crippen LogP contribution in [0.4, 0.5) is 13.2 Å². The predicted molar refractivity (Wildman–Crippen MR) is 101 cm³/mol. The zero-order chi connectivity index (χ0) is 23.0. The molecule has 0 aliphatic carbocycles. The highest BCUT2D eigenvalue weighted by Gasteiger charge is 2.40. The monoisotopic (exact) mass is 478 g/mol. The van der Waals surface area contributed by atoms with Gasteiger partial charge >= 0.3 is 12.1 Å². The van der Waals surface area contributed by atoms with Gasteiger partial charge in [-0.25, -0.2) is 13.1 Å². The standard InChI is InChI=1S/C17H14ClF3N4O5S/c1-3-29-11(26)8-25-13(12(18)14(24-25)17(19,20)21)16-23-22-15(30-16)9-5-4-6-10(7-9)31(2,27)28/h4-7H,3,8H2,1-2H3. The van der Waals surface area contributed by atoms with Gasteiger partial charge in [0.1, 0.15) is 17.3 Å². The van der Waals surface area contributed by atoms with Crippen LogP contribution in [0.5, 0.6) is 0 Å². The quantitative estimate of drug-likeness (QED) is 0.495. The van der Waals surface area contributed by atoms with E-state index in [9.17, 15) is 26.4 Å². The van der Waals surface area contributed by atoms with Crippen molar-refractivity contribution >= 4 is 27.4 Å². The number of rotatable bonds is 6. The molecule has 9 nitrogen and oxygen atoms in total. The molecular weight excluding hydrogens is 465 g/mol. The van der Waals surface area contributed by atoms with Crippen LogP contribution in [0.1, 0.15) is 12.6 Å². The average molecular weight is 479 g/mol. The Morgan fingerprint density at radius 1 is 1.26 bits per heavy atom. The van der Waals surface area contributed by atoms with E-state index in [1.54, 1.807) is 0 Å². The highest BCUT2D eigenvalue weighted by atomic mass is 35.5. The lowest BCUT2D eigenvalue weighted by Gasteiger charge is -2.04. The Morgan fingerprint density at radius 3 is 2.55 bits per heavy atom. The summed E-state index contributed by atoms with van der Waals surface area (Å²) in [6, 6.07) is 5.54. The summed E-state index contributed by atoms with van der Waals surface area (Å²) in [4.78, 5) is 11.8. The first-order valence-corrected chi connectivity index (χ1v) is 10.8. The number of carbonyl (C=O) groups is 1. The number of ether oxygens (including phenoxy) is 1. The highest BCUT2D eigenvalue weighted by molar-refractivity contribution is 7.90. The van der Waals surface area contributed by atoms with E-state index in [4.69, 9.17) is 20.8 Å². The average Bonchev–Trinajstić information content (AvgIpc) is 3.25. The SMILES string of the molecule is CCOC(=O)Cn1nc(C(F)(F)F)c(Cl)c1-c1nnc(-c2cccc(S(C)(=O)=O)c2)o1. The normalized spacial score (nSPS) is 12.2. The lowest BCUT2D eigenvalue weighted by Crippen LogP contribution is -2.16. The van der Waals surface area contributed by atoms with E-state index in [-0.39, 0.29) is 23.0 Å². The van der Waals surface area contributed by atoms with Crippen molar-refractivity contribution in [1.82, 2.24) is 20.0 Å². The number of hydrogen-bond acceptors (Lipinski definition) is 8. The van der Waals surface area contributed by atoms with Crippen LogP contribution in [0.2, 0.25) is 5.02 Å². The first-order valence-electron chi connectivity index (χ1n) is 8.55. The molecule has 0 saturated heterocycles. The Hall–Kier alpha value is -2.93. The molecule has 3 rings (SSSR count). The maximum absolute atomic E-state index is 13.3. The maximum atomic E-state index is 13.3. The Bertz CT molecular complexity index is 1240. The first kappa shape index (κ1) is 22.7. The van der Waals surface area contributed by atoms with Gasteiger partial charge in [-0.2, -0.15) is 18.3 Å². The lowest BCUT2D eigenvalue weighted by atomic mass is 10.2. The number of halogens is 4. The third kappa shape index (κ3) is 4.88. The molecule has 0 atom stereocenters. The summed E-state index contributed by atoms with van der Waals surface area (Å²) in [5, 5.41) is 9.96. The van der Waals surface area contributed by atoms with Crippen LogP contribution < -0.4 is 0 Å². The summed E-state index contributed by atoms with van der Waals surface area (Å²) in [5.41, 5.74) is -1.65. The fraction of sp³-hybridized carbons (Fsp3) is 0.294. The number of alkyl halides is 3. The molecule has 0 fully saturated rings. The molecule has 0 N–H and O–H groups in total. The van der Waals surface area contributed by atoms with Crippen molar-refractivity contribution in [2.75, 3.05) is 12.9 Å². The third-order valence-corrected chi connectivity index (χ3v) is 5.35. The van der Waals surface area contributed by atoms with Crippen LogP contribution in [0, 0.1) is 0 Å². The summed E-state index contributed by atoms with van der Waals surface area (Å²) >= 11 is 5.89. The van der Waals surface area contributed by atoms with Gasteiger partial charge in [0.25, 0.3) is 5.89 Å². The van der Waals surface area contributed by atoms with E-state index in [0.717, 1.165) is 6.26 Å². The van der Waals surface area contributed by atoms with Gasteiger partial charge in [0.15, 0.2) is 15.5 Å². The Labute approximate surface area is 178 Å². The molecule has 0 aliphatic heterocycles. The molecule has 0 bridgehead atoms. The number of sulfone groups is 1. The van der Waals surface area contributed by atoms with Crippen LogP contribution in [0.3, 0.4) is 0 Å². The molecule has 166 valence electrons. The van der Waals surface area contributed by atoms with Crippen molar-refractivity contribution in [3.05, 3.63) is 35.0 Å². The number of aromatic nitrogens is 4. The minimum Gasteiger partial charge on any atom is -0.465 e. The topological polar surface area (TPSA) is 117 Å². The van der Waals surface area contributed by atoms with E-state index in [1.165, 1.54) is 31.2 Å². The molecule has 0 spiro atoms. The molecule has 14 heteroatoms. The first-order chi connectivity index (χ1) is 14.4. The van der Waals surface area contributed by atoms with Crippen LogP contribution in [-0.2, 0) is 32.1 Å². The van der Waals surface area contributed by atoms with E-state index in [2.05, 4.69) is 15.3 Å². The fourth-order valence-electron chi connectivity index (χ4n) is 2.56. The van der Waals surface area contributed by atoms with Crippen molar-refractivity contribution in [3.8, 4) is 23.0 Å². The Kier molecular flexibility index (Phi) is 6.09. The minimum absolute atomic E-state index is 0.0106. The van der Waals surface area contributed by atoms with Gasteiger partial charge in [0.05, 0.1) is 11.5 Å². The fourth-order valence-corrected chi connectivity index (χ4v) is 3.55. The molecular formula is C17H14ClF3N4O5S. The second-order valence-corrected chi connectivity index (χ2v) is 8.58. The van der Waals surface area contributed by atoms with Crippen molar-refractivity contribution in [1.29, 1.82) is 0 Å². The summed E-state index contributed by atoms with van der Waals surface area (Å²) in [6.07, 6.45) is -3.89. The zero-order valence-electron chi connectivity index (χ0n) is 16.0. The molecule has 0 amide bonds. The van der Waals surface area contributed by atoms with Crippen molar-refractivity contribution < 1.29 is 35.5 Å². The van der Waals surface area contributed by atoms with Gasteiger partial charge in [-0.15, -0.1) is 10.2 Å². The van der Waals surface area contributed by atoms with E-state index >= 15 is 0 Å². The number of nitrogens with zero attached hydrogens (tertiary/aromatic N) is 4. The van der Waals surface area contributed by atoms with E-state index in [0.29, 0.717) is 4.68 Å². The second kappa shape index (κ2) is 8.30.